The van der Waals surface area contributed by atoms with Crippen molar-refractivity contribution in [2.24, 2.45) is 0 Å². The van der Waals surface area contributed by atoms with E-state index in [0.29, 0.717) is 4.47 Å². The zero-order chi connectivity index (χ0) is 21.1. The molecule has 0 radical (unpaired) electrons. The van der Waals surface area contributed by atoms with E-state index >= 15 is 0 Å². The first kappa shape index (κ1) is 21.9. The van der Waals surface area contributed by atoms with E-state index in [2.05, 4.69) is 26.2 Å². The van der Waals surface area contributed by atoms with Gasteiger partial charge in [-0.2, -0.15) is 0 Å². The lowest BCUT2D eigenvalue weighted by atomic mass is 9.91. The Bertz CT molecular complexity index is 878. The minimum Gasteiger partial charge on any atom is -0.464 e. The van der Waals surface area contributed by atoms with Gasteiger partial charge < -0.3 is 19.4 Å². The Morgan fingerprint density at radius 2 is 1.96 bits per heavy atom. The Morgan fingerprint density at radius 3 is 2.57 bits per heavy atom. The van der Waals surface area contributed by atoms with Crippen molar-refractivity contribution >= 4 is 28.0 Å². The van der Waals surface area contributed by atoms with Gasteiger partial charge in [0.15, 0.2) is 0 Å². The summed E-state index contributed by atoms with van der Waals surface area (Å²) in [6.07, 6.45) is 2.04. The maximum Gasteiger partial charge on any atom is 0.408 e. The van der Waals surface area contributed by atoms with Crippen LogP contribution in [0.15, 0.2) is 35.2 Å². The number of amides is 1. The second-order valence-corrected chi connectivity index (χ2v) is 8.40. The Morgan fingerprint density at radius 1 is 1.29 bits per heavy atom. The van der Waals surface area contributed by atoms with Gasteiger partial charge in [0.05, 0.1) is 31.7 Å². The van der Waals surface area contributed by atoms with Crippen LogP contribution in [0.1, 0.15) is 43.7 Å². The van der Waals surface area contributed by atoms with Crippen LogP contribution in [0, 0.1) is 5.82 Å². The molecule has 2 aromatic rings. The molecule has 9 heteroatoms. The van der Waals surface area contributed by atoms with Crippen molar-refractivity contribution in [2.45, 2.75) is 45.4 Å². The molecular formula is C19H23BrFN3O4. The van der Waals surface area contributed by atoms with Crippen LogP contribution in [0.3, 0.4) is 0 Å². The number of aromatic nitrogens is 2. The summed E-state index contributed by atoms with van der Waals surface area (Å²) in [5.41, 5.74) is -1.58. The number of carbonyl (C=O) groups excluding carboxylic acids is 2. The molecule has 1 atom stereocenters. The van der Waals surface area contributed by atoms with Crippen LogP contribution >= 0.6 is 15.9 Å². The Labute approximate surface area is 171 Å². The first-order valence-electron chi connectivity index (χ1n) is 8.50. The zero-order valence-electron chi connectivity index (χ0n) is 16.4. The third-order valence-corrected chi connectivity index (χ3v) is 4.39. The summed E-state index contributed by atoms with van der Waals surface area (Å²) < 4.78 is 26.9. The number of methoxy groups -OCH3 is 1. The highest BCUT2D eigenvalue weighted by molar-refractivity contribution is 9.10. The molecule has 0 bridgehead atoms. The van der Waals surface area contributed by atoms with E-state index in [1.807, 2.05) is 0 Å². The lowest BCUT2D eigenvalue weighted by Crippen LogP contribution is -2.49. The molecule has 1 heterocycles. The van der Waals surface area contributed by atoms with E-state index in [4.69, 9.17) is 9.47 Å². The van der Waals surface area contributed by atoms with E-state index in [0.717, 1.165) is 0 Å². The van der Waals surface area contributed by atoms with Crippen molar-refractivity contribution in [3.05, 3.63) is 52.3 Å². The molecule has 0 spiro atoms. The smallest absolute Gasteiger partial charge is 0.408 e. The molecule has 2 rings (SSSR count). The zero-order valence-corrected chi connectivity index (χ0v) is 18.0. The van der Waals surface area contributed by atoms with Crippen LogP contribution < -0.4 is 5.32 Å². The Balaban J connectivity index is 2.47. The molecule has 0 fully saturated rings. The van der Waals surface area contributed by atoms with Gasteiger partial charge in [-0.25, -0.2) is 19.0 Å². The van der Waals surface area contributed by atoms with Gasteiger partial charge in [0.25, 0.3) is 0 Å². The van der Waals surface area contributed by atoms with Gasteiger partial charge >= 0.3 is 12.1 Å². The number of carbonyl (C=O) groups is 2. The Hall–Kier alpha value is -2.42. The number of hydrogen-bond donors (Lipinski definition) is 1. The summed E-state index contributed by atoms with van der Waals surface area (Å²) in [6.45, 7) is 6.85. The first-order chi connectivity index (χ1) is 12.9. The highest BCUT2D eigenvalue weighted by Gasteiger charge is 2.35. The molecule has 0 aliphatic heterocycles. The first-order valence-corrected chi connectivity index (χ1v) is 9.29. The van der Waals surface area contributed by atoms with Crippen molar-refractivity contribution in [1.82, 2.24) is 14.9 Å². The van der Waals surface area contributed by atoms with Crippen LogP contribution in [0.5, 0.6) is 0 Å². The maximum atomic E-state index is 14.7. The minimum atomic E-state index is -1.25. The fourth-order valence-corrected chi connectivity index (χ4v) is 3.06. The van der Waals surface area contributed by atoms with Gasteiger partial charge in [0, 0.05) is 10.0 Å². The van der Waals surface area contributed by atoms with Crippen LogP contribution in [0.2, 0.25) is 0 Å². The van der Waals surface area contributed by atoms with E-state index in [9.17, 15) is 14.0 Å². The van der Waals surface area contributed by atoms with Gasteiger partial charge in [0.2, 0.25) is 0 Å². The molecule has 0 aliphatic carbocycles. The molecule has 0 aliphatic rings. The molecule has 1 N–H and O–H groups in total. The maximum absolute atomic E-state index is 14.7. The molecule has 7 nitrogen and oxygen atoms in total. The number of hydrogen-bond acceptors (Lipinski definition) is 5. The number of ether oxygens (including phenoxy) is 2. The third kappa shape index (κ3) is 5.31. The Kier molecular flexibility index (Phi) is 6.48. The van der Waals surface area contributed by atoms with E-state index in [-0.39, 0.29) is 17.8 Å². The van der Waals surface area contributed by atoms with Gasteiger partial charge in [-0.1, -0.05) is 15.9 Å². The van der Waals surface area contributed by atoms with Crippen LogP contribution in [0.25, 0.3) is 0 Å². The van der Waals surface area contributed by atoms with Crippen molar-refractivity contribution in [2.75, 3.05) is 7.11 Å². The highest BCUT2D eigenvalue weighted by atomic mass is 79.9. The number of alkyl carbamates (subject to hydrolysis) is 1. The van der Waals surface area contributed by atoms with E-state index in [1.54, 1.807) is 39.8 Å². The standard InChI is InChI=1S/C19H23BrFN3O4/c1-18(2,3)28-17(26)23-19(4,13-8-12(20)6-7-14(13)21)10-24-11-22-9-15(24)16(25)27-5/h6-9,11H,10H2,1-5H3,(H,23,26). The van der Waals surface area contributed by atoms with Crippen molar-refractivity contribution in [1.29, 1.82) is 0 Å². The summed E-state index contributed by atoms with van der Waals surface area (Å²) in [6, 6.07) is 4.43. The molecule has 1 unspecified atom stereocenters. The average Bonchev–Trinajstić information content (AvgIpc) is 3.02. The topological polar surface area (TPSA) is 82.5 Å². The molecule has 1 amide bonds. The third-order valence-electron chi connectivity index (χ3n) is 3.89. The summed E-state index contributed by atoms with van der Waals surface area (Å²) in [5.74, 6) is -1.10. The summed E-state index contributed by atoms with van der Waals surface area (Å²) >= 11 is 3.33. The molecule has 0 saturated carbocycles. The number of imidazole rings is 1. The molecule has 152 valence electrons. The van der Waals surface area contributed by atoms with E-state index < -0.39 is 29.0 Å². The largest absolute Gasteiger partial charge is 0.464 e. The van der Waals surface area contributed by atoms with Crippen molar-refractivity contribution in [3.63, 3.8) is 0 Å². The van der Waals surface area contributed by atoms with Gasteiger partial charge in [0.1, 0.15) is 17.1 Å². The predicted molar refractivity (Wildman–Crippen MR) is 104 cm³/mol. The molecule has 0 saturated heterocycles. The quantitative estimate of drug-likeness (QED) is 0.688. The van der Waals surface area contributed by atoms with Gasteiger partial charge in [-0.15, -0.1) is 0 Å². The second-order valence-electron chi connectivity index (χ2n) is 7.48. The number of esters is 1. The number of benzene rings is 1. The monoisotopic (exact) mass is 455 g/mol. The van der Waals surface area contributed by atoms with Crippen LogP contribution in [-0.2, 0) is 21.6 Å². The number of halogens is 2. The van der Waals surface area contributed by atoms with E-state index in [1.165, 1.54) is 30.3 Å². The summed E-state index contributed by atoms with van der Waals surface area (Å²) in [4.78, 5) is 28.4. The average molecular weight is 456 g/mol. The van der Waals surface area contributed by atoms with Crippen molar-refractivity contribution < 1.29 is 23.5 Å². The summed E-state index contributed by atoms with van der Waals surface area (Å²) in [5, 5.41) is 2.73. The van der Waals surface area contributed by atoms with Crippen LogP contribution in [-0.4, -0.2) is 34.3 Å². The number of nitrogens with one attached hydrogen (secondary N) is 1. The molecule has 28 heavy (non-hydrogen) atoms. The highest BCUT2D eigenvalue weighted by Crippen LogP contribution is 2.29. The second kappa shape index (κ2) is 8.30. The molecule has 1 aromatic carbocycles. The number of nitrogens with zero attached hydrogens (tertiary/aromatic N) is 2. The van der Waals surface area contributed by atoms with Crippen LogP contribution in [0.4, 0.5) is 9.18 Å². The SMILES string of the molecule is COC(=O)c1cncn1CC(C)(NC(=O)OC(C)(C)C)c1cc(Br)ccc1F. The predicted octanol–water partition coefficient (Wildman–Crippen LogP) is 4.01. The minimum absolute atomic E-state index is 0.0179. The fourth-order valence-electron chi connectivity index (χ4n) is 2.70. The number of rotatable bonds is 5. The van der Waals surface area contributed by atoms with Gasteiger partial charge in [-0.05, 0) is 45.9 Å². The summed E-state index contributed by atoms with van der Waals surface area (Å²) in [7, 11) is 1.26. The van der Waals surface area contributed by atoms with Crippen molar-refractivity contribution in [3.8, 4) is 0 Å². The normalized spacial score (nSPS) is 13.5. The lowest BCUT2D eigenvalue weighted by Gasteiger charge is -2.33. The van der Waals surface area contributed by atoms with Gasteiger partial charge in [-0.3, -0.25) is 0 Å². The molecule has 1 aromatic heterocycles. The molecular weight excluding hydrogens is 433 g/mol. The fraction of sp³-hybridized carbons (Fsp3) is 0.421. The lowest BCUT2D eigenvalue weighted by molar-refractivity contribution is 0.0447.